The van der Waals surface area contributed by atoms with E-state index in [4.69, 9.17) is 14.3 Å². The molecule has 1 aliphatic heterocycles. The van der Waals surface area contributed by atoms with Crippen LogP contribution in [0.15, 0.2) is 30.3 Å². The minimum absolute atomic E-state index is 0.0000582. The van der Waals surface area contributed by atoms with Crippen molar-refractivity contribution in [2.45, 2.75) is 58.4 Å². The number of nitrogens with zero attached hydrogens (tertiary/aromatic N) is 1. The molecule has 1 aliphatic rings. The Morgan fingerprint density at radius 3 is 2.16 bits per heavy atom. The molecule has 0 bridgehead atoms. The molecular formula is C20H25N3O8. The van der Waals surface area contributed by atoms with Gasteiger partial charge in [-0.05, 0) is 26.3 Å². The van der Waals surface area contributed by atoms with Crippen LogP contribution in [-0.2, 0) is 35.3 Å². The fourth-order valence-corrected chi connectivity index (χ4v) is 2.46. The zero-order chi connectivity index (χ0) is 23.0. The zero-order valence-corrected chi connectivity index (χ0v) is 17.5. The average molecular weight is 435 g/mol. The van der Waals surface area contributed by atoms with Crippen LogP contribution in [-0.4, -0.2) is 46.8 Å². The zero-order valence-electron chi connectivity index (χ0n) is 17.5. The molecule has 1 aromatic carbocycles. The van der Waals surface area contributed by atoms with Crippen molar-refractivity contribution in [1.29, 1.82) is 0 Å². The maximum atomic E-state index is 12.2. The number of hydroxylamine groups is 2. The Labute approximate surface area is 178 Å². The first-order chi connectivity index (χ1) is 14.5. The molecule has 11 nitrogen and oxygen atoms in total. The monoisotopic (exact) mass is 435 g/mol. The normalized spacial score (nSPS) is 14.6. The number of hydrogen-bond acceptors (Lipinski definition) is 8. The summed E-state index contributed by atoms with van der Waals surface area (Å²) in [7, 11) is 0. The van der Waals surface area contributed by atoms with E-state index in [1.54, 1.807) is 45.0 Å². The van der Waals surface area contributed by atoms with Crippen LogP contribution in [0.25, 0.3) is 0 Å². The molecule has 1 aromatic rings. The maximum absolute atomic E-state index is 12.2. The molecule has 11 heteroatoms. The summed E-state index contributed by atoms with van der Waals surface area (Å²) in [6.45, 7) is 4.92. The van der Waals surface area contributed by atoms with Crippen molar-refractivity contribution < 1.29 is 38.3 Å². The lowest BCUT2D eigenvalue weighted by Gasteiger charge is -2.24. The summed E-state index contributed by atoms with van der Waals surface area (Å²) in [5.74, 6) is -2.06. The van der Waals surface area contributed by atoms with Crippen LogP contribution in [0.1, 0.15) is 45.6 Å². The van der Waals surface area contributed by atoms with Crippen molar-refractivity contribution in [3.63, 3.8) is 0 Å². The number of nitrogens with one attached hydrogen (secondary N) is 2. The smallest absolute Gasteiger partial charge is 0.433 e. The summed E-state index contributed by atoms with van der Waals surface area (Å²) in [5.41, 5.74) is -0.0666. The highest BCUT2D eigenvalue weighted by Crippen LogP contribution is 2.12. The highest BCUT2D eigenvalue weighted by Gasteiger charge is 2.34. The molecule has 0 spiro atoms. The number of alkyl carbamates (subject to hydrolysis) is 1. The number of amides is 4. The van der Waals surface area contributed by atoms with E-state index in [-0.39, 0.29) is 19.4 Å². The highest BCUT2D eigenvalue weighted by molar-refractivity contribution is 6.01. The summed E-state index contributed by atoms with van der Waals surface area (Å²) in [6, 6.07) is 8.92. The number of hydrogen-bond donors (Lipinski definition) is 2. The van der Waals surface area contributed by atoms with Gasteiger partial charge >= 0.3 is 18.2 Å². The quantitative estimate of drug-likeness (QED) is 0.375. The Morgan fingerprint density at radius 2 is 1.58 bits per heavy atom. The molecule has 168 valence electrons. The summed E-state index contributed by atoms with van der Waals surface area (Å²) >= 11 is 0. The number of imide groups is 1. The molecule has 1 atom stereocenters. The summed E-state index contributed by atoms with van der Waals surface area (Å²) in [5, 5.41) is 4.87. The molecule has 0 aromatic heterocycles. The number of rotatable bonds is 7. The van der Waals surface area contributed by atoms with E-state index in [1.807, 2.05) is 6.07 Å². The third kappa shape index (κ3) is 8.33. The van der Waals surface area contributed by atoms with Gasteiger partial charge in [0.2, 0.25) is 0 Å². The van der Waals surface area contributed by atoms with Gasteiger partial charge < -0.3 is 19.6 Å². The topological polar surface area (TPSA) is 140 Å². The molecule has 1 fully saturated rings. The molecule has 4 amide bonds. The van der Waals surface area contributed by atoms with Crippen molar-refractivity contribution in [1.82, 2.24) is 15.7 Å². The van der Waals surface area contributed by atoms with E-state index in [0.29, 0.717) is 5.06 Å². The molecule has 0 unspecified atom stereocenters. The molecule has 1 heterocycles. The van der Waals surface area contributed by atoms with Crippen LogP contribution in [0, 0.1) is 0 Å². The van der Waals surface area contributed by atoms with Gasteiger partial charge in [0.25, 0.3) is 11.8 Å². The second kappa shape index (κ2) is 10.4. The Kier molecular flexibility index (Phi) is 7.94. The third-order valence-electron chi connectivity index (χ3n) is 3.78. The van der Waals surface area contributed by atoms with Crippen molar-refractivity contribution >= 4 is 30.0 Å². The highest BCUT2D eigenvalue weighted by atomic mass is 16.7. The average Bonchev–Trinajstić information content (AvgIpc) is 2.97. The Balaban J connectivity index is 1.96. The Bertz CT molecular complexity index is 819. The second-order valence-electron chi connectivity index (χ2n) is 7.65. The molecule has 1 saturated heterocycles. The fraction of sp³-hybridized carbons (Fsp3) is 0.450. The van der Waals surface area contributed by atoms with Crippen molar-refractivity contribution in [3.05, 3.63) is 35.9 Å². The molecule has 0 radical (unpaired) electrons. The van der Waals surface area contributed by atoms with Crippen LogP contribution in [0.5, 0.6) is 0 Å². The minimum Gasteiger partial charge on any atom is -0.461 e. The lowest BCUT2D eigenvalue weighted by molar-refractivity contribution is -0.171. The second-order valence-corrected chi connectivity index (χ2v) is 7.65. The minimum atomic E-state index is -1.28. The van der Waals surface area contributed by atoms with E-state index in [2.05, 4.69) is 10.6 Å². The predicted octanol–water partition coefficient (Wildman–Crippen LogP) is 1.76. The van der Waals surface area contributed by atoms with Gasteiger partial charge in [0.15, 0.2) is 0 Å². The standard InChI is InChI=1S/C20H25N3O8/c1-20(2,3)30-18(27)21-14(11-17(26)29-12-13-7-5-4-6-8-13)22-19(28)31-23-15(24)9-10-16(23)25/h4-8,14H,9-12H2,1-3H3,(H,21,27)(H,22,28)/t14-/m1/s1. The van der Waals surface area contributed by atoms with E-state index in [9.17, 15) is 24.0 Å². The number of ether oxygens (including phenoxy) is 2. The SMILES string of the molecule is CC(C)(C)OC(=O)N[C@@H](CC(=O)OCc1ccccc1)NC(=O)ON1C(=O)CCC1=O. The van der Waals surface area contributed by atoms with Gasteiger partial charge in [0, 0.05) is 12.8 Å². The first-order valence-electron chi connectivity index (χ1n) is 9.57. The molecule has 2 N–H and O–H groups in total. The van der Waals surface area contributed by atoms with Gasteiger partial charge in [-0.15, -0.1) is 5.06 Å². The molecular weight excluding hydrogens is 410 g/mol. The van der Waals surface area contributed by atoms with Crippen molar-refractivity contribution in [3.8, 4) is 0 Å². The van der Waals surface area contributed by atoms with Gasteiger partial charge in [0.1, 0.15) is 18.4 Å². The van der Waals surface area contributed by atoms with Crippen LogP contribution in [0.2, 0.25) is 0 Å². The molecule has 31 heavy (non-hydrogen) atoms. The van der Waals surface area contributed by atoms with Crippen LogP contribution < -0.4 is 10.6 Å². The Morgan fingerprint density at radius 1 is 1.00 bits per heavy atom. The van der Waals surface area contributed by atoms with E-state index >= 15 is 0 Å². The van der Waals surface area contributed by atoms with Crippen LogP contribution in [0.4, 0.5) is 9.59 Å². The number of benzene rings is 1. The fourth-order valence-electron chi connectivity index (χ4n) is 2.46. The number of carbonyl (C=O) groups excluding carboxylic acids is 5. The molecule has 0 aliphatic carbocycles. The molecule has 2 rings (SSSR count). The van der Waals surface area contributed by atoms with Gasteiger partial charge in [-0.2, -0.15) is 0 Å². The van der Waals surface area contributed by atoms with Crippen LogP contribution in [0.3, 0.4) is 0 Å². The summed E-state index contributed by atoms with van der Waals surface area (Å²) in [4.78, 5) is 64.2. The Hall–Kier alpha value is -3.63. The first kappa shape index (κ1) is 23.6. The summed E-state index contributed by atoms with van der Waals surface area (Å²) < 4.78 is 10.3. The van der Waals surface area contributed by atoms with Crippen molar-refractivity contribution in [2.75, 3.05) is 0 Å². The van der Waals surface area contributed by atoms with Gasteiger partial charge in [-0.1, -0.05) is 30.3 Å². The predicted molar refractivity (Wildman–Crippen MR) is 105 cm³/mol. The van der Waals surface area contributed by atoms with Gasteiger partial charge in [0.05, 0.1) is 6.42 Å². The van der Waals surface area contributed by atoms with E-state index < -0.39 is 48.2 Å². The van der Waals surface area contributed by atoms with E-state index in [1.165, 1.54) is 0 Å². The number of esters is 1. The summed E-state index contributed by atoms with van der Waals surface area (Å²) in [6.07, 6.45) is -3.99. The van der Waals surface area contributed by atoms with Gasteiger partial charge in [-0.25, -0.2) is 9.59 Å². The van der Waals surface area contributed by atoms with Gasteiger partial charge in [-0.3, -0.25) is 19.7 Å². The number of carbonyl (C=O) groups is 5. The van der Waals surface area contributed by atoms with E-state index in [0.717, 1.165) is 5.56 Å². The maximum Gasteiger partial charge on any atom is 0.433 e. The third-order valence-corrected chi connectivity index (χ3v) is 3.78. The lowest BCUT2D eigenvalue weighted by Crippen LogP contribution is -2.51. The van der Waals surface area contributed by atoms with Crippen molar-refractivity contribution in [2.24, 2.45) is 0 Å². The molecule has 0 saturated carbocycles. The first-order valence-corrected chi connectivity index (χ1v) is 9.57. The lowest BCUT2D eigenvalue weighted by atomic mass is 10.2. The largest absolute Gasteiger partial charge is 0.461 e. The van der Waals surface area contributed by atoms with Crippen LogP contribution >= 0.6 is 0 Å².